The zero-order valence-corrected chi connectivity index (χ0v) is 12.9. The average Bonchev–Trinajstić information content (AvgIpc) is 2.47. The van der Waals surface area contributed by atoms with Crippen molar-refractivity contribution < 1.29 is 4.79 Å². The number of carbonyl (C=O) groups is 1. The van der Waals surface area contributed by atoms with E-state index in [-0.39, 0.29) is 18.5 Å². The molecule has 0 aliphatic carbocycles. The summed E-state index contributed by atoms with van der Waals surface area (Å²) in [6.45, 7) is 2.24. The second-order valence-electron chi connectivity index (χ2n) is 4.56. The first-order chi connectivity index (χ1) is 9.65. The minimum atomic E-state index is -0.0238. The predicted octanol–water partition coefficient (Wildman–Crippen LogP) is 3.74. The molecule has 0 fully saturated rings. The number of para-hydroxylation sites is 1. The van der Waals surface area contributed by atoms with Gasteiger partial charge in [-0.2, -0.15) is 0 Å². The molecule has 0 heterocycles. The van der Waals surface area contributed by atoms with Gasteiger partial charge >= 0.3 is 0 Å². The van der Waals surface area contributed by atoms with Crippen molar-refractivity contribution >= 4 is 27.5 Å². The van der Waals surface area contributed by atoms with E-state index in [1.54, 1.807) is 0 Å². The molecule has 0 bridgehead atoms. The molecule has 2 N–H and O–H groups in total. The molecule has 2 aromatic carbocycles. The first kappa shape index (κ1) is 14.6. The summed E-state index contributed by atoms with van der Waals surface area (Å²) in [5.74, 6) is -0.0238. The van der Waals surface area contributed by atoms with Crippen LogP contribution in [0.25, 0.3) is 0 Å². The number of nitrogens with one attached hydrogen (secondary N) is 2. The molecular formula is C16H17BrN2O. The molecule has 0 saturated heterocycles. The summed E-state index contributed by atoms with van der Waals surface area (Å²) in [6.07, 6.45) is 0. The third-order valence-corrected chi connectivity index (χ3v) is 3.50. The molecule has 0 unspecified atom stereocenters. The van der Waals surface area contributed by atoms with Crippen molar-refractivity contribution in [3.63, 3.8) is 0 Å². The van der Waals surface area contributed by atoms with Gasteiger partial charge in [0, 0.05) is 10.2 Å². The van der Waals surface area contributed by atoms with Crippen LogP contribution < -0.4 is 10.6 Å². The van der Waals surface area contributed by atoms with Gasteiger partial charge in [-0.1, -0.05) is 46.3 Å². The van der Waals surface area contributed by atoms with Crippen LogP contribution in [0.3, 0.4) is 0 Å². The molecule has 2 rings (SSSR count). The molecule has 0 aliphatic rings. The van der Waals surface area contributed by atoms with Crippen LogP contribution in [0.1, 0.15) is 18.5 Å². The summed E-state index contributed by atoms with van der Waals surface area (Å²) < 4.78 is 1.03. The molecule has 0 spiro atoms. The average molecular weight is 333 g/mol. The maximum Gasteiger partial charge on any atom is 0.239 e. The largest absolute Gasteiger partial charge is 0.376 e. The third kappa shape index (κ3) is 4.38. The van der Waals surface area contributed by atoms with E-state index in [1.807, 2.05) is 61.5 Å². The minimum absolute atomic E-state index is 0.00632. The molecule has 0 aromatic heterocycles. The number of hydrogen-bond donors (Lipinski definition) is 2. The van der Waals surface area contributed by atoms with Crippen molar-refractivity contribution in [3.8, 4) is 0 Å². The molecule has 20 heavy (non-hydrogen) atoms. The van der Waals surface area contributed by atoms with E-state index in [4.69, 9.17) is 0 Å². The third-order valence-electron chi connectivity index (χ3n) is 2.97. The van der Waals surface area contributed by atoms with Crippen molar-refractivity contribution in [2.45, 2.75) is 13.0 Å². The van der Waals surface area contributed by atoms with Gasteiger partial charge in [0.05, 0.1) is 12.6 Å². The fourth-order valence-corrected chi connectivity index (χ4v) is 2.13. The maximum atomic E-state index is 11.9. The molecular weight excluding hydrogens is 316 g/mol. The summed E-state index contributed by atoms with van der Waals surface area (Å²) in [5.41, 5.74) is 2.03. The summed E-state index contributed by atoms with van der Waals surface area (Å²) in [7, 11) is 0. The van der Waals surface area contributed by atoms with Crippen LogP contribution in [0, 0.1) is 0 Å². The Balaban J connectivity index is 1.83. The lowest BCUT2D eigenvalue weighted by Crippen LogP contribution is -2.32. The number of hydrogen-bond acceptors (Lipinski definition) is 2. The van der Waals surface area contributed by atoms with Gasteiger partial charge in [-0.25, -0.2) is 0 Å². The van der Waals surface area contributed by atoms with Crippen LogP contribution in [0.5, 0.6) is 0 Å². The minimum Gasteiger partial charge on any atom is -0.376 e. The lowest BCUT2D eigenvalue weighted by molar-refractivity contribution is -0.120. The number of halogens is 1. The van der Waals surface area contributed by atoms with E-state index in [0.717, 1.165) is 15.7 Å². The topological polar surface area (TPSA) is 41.1 Å². The molecule has 104 valence electrons. The van der Waals surface area contributed by atoms with Crippen LogP contribution in [-0.4, -0.2) is 12.5 Å². The Morgan fingerprint density at radius 2 is 1.75 bits per heavy atom. The molecule has 4 heteroatoms. The molecule has 0 aliphatic heterocycles. The molecule has 0 saturated carbocycles. The lowest BCUT2D eigenvalue weighted by Gasteiger charge is -2.15. The second kappa shape index (κ2) is 7.10. The Hall–Kier alpha value is -1.81. The standard InChI is InChI=1S/C16H17BrN2O/c1-12(13-7-9-14(17)10-8-13)19-16(20)11-18-15-5-3-2-4-6-15/h2-10,12,18H,11H2,1H3,(H,19,20)/t12-/m1/s1. The Morgan fingerprint density at radius 3 is 2.40 bits per heavy atom. The zero-order valence-electron chi connectivity index (χ0n) is 11.3. The number of anilines is 1. The monoisotopic (exact) mass is 332 g/mol. The van der Waals surface area contributed by atoms with Gasteiger partial charge in [0.25, 0.3) is 0 Å². The van der Waals surface area contributed by atoms with Gasteiger partial charge < -0.3 is 10.6 Å². The van der Waals surface area contributed by atoms with E-state index in [0.29, 0.717) is 0 Å². The van der Waals surface area contributed by atoms with Gasteiger partial charge in [-0.05, 0) is 36.8 Å². The van der Waals surface area contributed by atoms with Crippen molar-refractivity contribution in [3.05, 3.63) is 64.6 Å². The lowest BCUT2D eigenvalue weighted by atomic mass is 10.1. The number of benzene rings is 2. The summed E-state index contributed by atoms with van der Waals surface area (Å²) >= 11 is 3.40. The fraction of sp³-hybridized carbons (Fsp3) is 0.188. The van der Waals surface area contributed by atoms with Crippen LogP contribution in [0.4, 0.5) is 5.69 Å². The Morgan fingerprint density at radius 1 is 1.10 bits per heavy atom. The van der Waals surface area contributed by atoms with Gasteiger partial charge in [0.1, 0.15) is 0 Å². The van der Waals surface area contributed by atoms with E-state index in [9.17, 15) is 4.79 Å². The number of rotatable bonds is 5. The highest BCUT2D eigenvalue weighted by Crippen LogP contribution is 2.16. The zero-order chi connectivity index (χ0) is 14.4. The highest BCUT2D eigenvalue weighted by Gasteiger charge is 2.09. The predicted molar refractivity (Wildman–Crippen MR) is 85.6 cm³/mol. The van der Waals surface area contributed by atoms with Crippen LogP contribution in [-0.2, 0) is 4.79 Å². The van der Waals surface area contributed by atoms with E-state index in [2.05, 4.69) is 26.6 Å². The van der Waals surface area contributed by atoms with Crippen LogP contribution in [0.15, 0.2) is 59.1 Å². The normalized spacial score (nSPS) is 11.7. The van der Waals surface area contributed by atoms with Crippen molar-refractivity contribution in [2.24, 2.45) is 0 Å². The van der Waals surface area contributed by atoms with Gasteiger partial charge in [-0.15, -0.1) is 0 Å². The summed E-state index contributed by atoms with van der Waals surface area (Å²) in [5, 5.41) is 6.06. The fourth-order valence-electron chi connectivity index (χ4n) is 1.87. The van der Waals surface area contributed by atoms with Crippen molar-refractivity contribution in [1.82, 2.24) is 5.32 Å². The van der Waals surface area contributed by atoms with E-state index in [1.165, 1.54) is 0 Å². The van der Waals surface area contributed by atoms with Crippen molar-refractivity contribution in [2.75, 3.05) is 11.9 Å². The smallest absolute Gasteiger partial charge is 0.239 e. The maximum absolute atomic E-state index is 11.9. The van der Waals surface area contributed by atoms with Gasteiger partial charge in [0.2, 0.25) is 5.91 Å². The molecule has 3 nitrogen and oxygen atoms in total. The Labute approximate surface area is 127 Å². The van der Waals surface area contributed by atoms with Crippen LogP contribution >= 0.6 is 15.9 Å². The quantitative estimate of drug-likeness (QED) is 0.875. The molecule has 1 atom stereocenters. The second-order valence-corrected chi connectivity index (χ2v) is 5.48. The van der Waals surface area contributed by atoms with E-state index < -0.39 is 0 Å². The van der Waals surface area contributed by atoms with E-state index >= 15 is 0 Å². The van der Waals surface area contributed by atoms with Crippen molar-refractivity contribution in [1.29, 1.82) is 0 Å². The Bertz CT molecular complexity index is 554. The number of carbonyl (C=O) groups excluding carboxylic acids is 1. The molecule has 1 amide bonds. The van der Waals surface area contributed by atoms with Crippen LogP contribution in [0.2, 0.25) is 0 Å². The highest BCUT2D eigenvalue weighted by molar-refractivity contribution is 9.10. The van der Waals surface area contributed by atoms with Gasteiger partial charge in [-0.3, -0.25) is 4.79 Å². The molecule has 0 radical (unpaired) electrons. The Kier molecular flexibility index (Phi) is 5.18. The first-order valence-corrected chi connectivity index (χ1v) is 7.28. The highest BCUT2D eigenvalue weighted by atomic mass is 79.9. The SMILES string of the molecule is C[C@@H](NC(=O)CNc1ccccc1)c1ccc(Br)cc1. The first-order valence-electron chi connectivity index (χ1n) is 6.49. The summed E-state index contributed by atoms with van der Waals surface area (Å²) in [4.78, 5) is 11.9. The van der Waals surface area contributed by atoms with Gasteiger partial charge in [0.15, 0.2) is 0 Å². The number of amides is 1. The molecule has 2 aromatic rings. The summed E-state index contributed by atoms with van der Waals surface area (Å²) in [6, 6.07) is 17.6.